The molecule has 2 aromatic rings. The van der Waals surface area contributed by atoms with Crippen LogP contribution in [-0.2, 0) is 0 Å². The van der Waals surface area contributed by atoms with E-state index in [2.05, 4.69) is 10.6 Å². The molecule has 0 saturated heterocycles. The average Bonchev–Trinajstić information content (AvgIpc) is 2.51. The zero-order valence-electron chi connectivity index (χ0n) is 12.7. The molecule has 0 heterocycles. The maximum Gasteiger partial charge on any atom is 0.253 e. The summed E-state index contributed by atoms with van der Waals surface area (Å²) in [7, 11) is 0. The van der Waals surface area contributed by atoms with E-state index in [1.54, 1.807) is 0 Å². The minimum Gasteiger partial charge on any atom is -0.506 e. The van der Waals surface area contributed by atoms with Crippen LogP contribution in [0.2, 0.25) is 0 Å². The predicted molar refractivity (Wildman–Crippen MR) is 85.5 cm³/mol. The lowest BCUT2D eigenvalue weighted by Gasteiger charge is -2.28. The van der Waals surface area contributed by atoms with Crippen molar-refractivity contribution in [3.63, 3.8) is 0 Å². The van der Waals surface area contributed by atoms with E-state index in [9.17, 15) is 14.7 Å². The number of para-hydroxylation sites is 1. The van der Waals surface area contributed by atoms with Crippen molar-refractivity contribution >= 4 is 17.1 Å². The molecule has 2 aromatic carbocycles. The number of benzene rings is 1. The summed E-state index contributed by atoms with van der Waals surface area (Å²) in [5, 5.41) is 24.7. The van der Waals surface area contributed by atoms with Gasteiger partial charge in [-0.1, -0.05) is 13.0 Å². The number of nitrogens with one attached hydrogen (secondary N) is 2. The lowest BCUT2D eigenvalue weighted by Crippen LogP contribution is -2.42. The molecule has 2 rings (SSSR count). The fraction of sp³-hybridized carbons (Fsp3) is 0.312. The van der Waals surface area contributed by atoms with Gasteiger partial charge in [0.2, 0.25) is 0 Å². The first-order valence-electron chi connectivity index (χ1n) is 6.91. The number of rotatable bonds is 5. The van der Waals surface area contributed by atoms with E-state index in [1.807, 2.05) is 26.8 Å². The fourth-order valence-corrected chi connectivity index (χ4v) is 1.95. The van der Waals surface area contributed by atoms with Gasteiger partial charge in [0, 0.05) is 5.54 Å². The molecule has 0 aliphatic rings. The Hall–Kier alpha value is -2.81. The van der Waals surface area contributed by atoms with Crippen LogP contribution in [0.25, 0.3) is 0 Å². The first-order chi connectivity index (χ1) is 10.3. The van der Waals surface area contributed by atoms with E-state index in [-0.39, 0.29) is 33.9 Å². The van der Waals surface area contributed by atoms with Crippen LogP contribution >= 0.6 is 0 Å². The third kappa shape index (κ3) is 2.66. The van der Waals surface area contributed by atoms with E-state index in [4.69, 9.17) is 5.26 Å². The highest BCUT2D eigenvalue weighted by Crippen LogP contribution is 2.32. The van der Waals surface area contributed by atoms with Gasteiger partial charge < -0.3 is 15.7 Å². The first kappa shape index (κ1) is 15.6. The molecule has 114 valence electrons. The summed E-state index contributed by atoms with van der Waals surface area (Å²) in [5.74, 6) is -0.159. The van der Waals surface area contributed by atoms with Gasteiger partial charge in [0.05, 0.1) is 11.3 Å². The minimum absolute atomic E-state index is 0.0736. The quantitative estimate of drug-likeness (QED) is 0.578. The average molecular weight is 299 g/mol. The number of aromatic hydroxyl groups is 1. The van der Waals surface area contributed by atoms with Gasteiger partial charge in [0.15, 0.2) is 0 Å². The van der Waals surface area contributed by atoms with Crippen LogP contribution in [0.3, 0.4) is 0 Å². The molecule has 0 unspecified atom stereocenters. The molecule has 0 amide bonds. The molecular weight excluding hydrogens is 282 g/mol. The number of phenols is 1. The largest absolute Gasteiger partial charge is 0.506 e. The van der Waals surface area contributed by atoms with Crippen LogP contribution in [0.1, 0.15) is 32.8 Å². The molecule has 0 atom stereocenters. The monoisotopic (exact) mass is 299 g/mol. The van der Waals surface area contributed by atoms with Crippen molar-refractivity contribution in [3.05, 3.63) is 44.2 Å². The second kappa shape index (κ2) is 5.53. The smallest absolute Gasteiger partial charge is 0.253 e. The summed E-state index contributed by atoms with van der Waals surface area (Å²) in [4.78, 5) is 23.5. The van der Waals surface area contributed by atoms with Gasteiger partial charge in [-0.2, -0.15) is 5.26 Å². The normalized spacial score (nSPS) is 11.2. The van der Waals surface area contributed by atoms with E-state index in [0.717, 1.165) is 6.42 Å². The van der Waals surface area contributed by atoms with E-state index in [1.165, 1.54) is 18.2 Å². The summed E-state index contributed by atoms with van der Waals surface area (Å²) in [6.07, 6.45) is 0.755. The van der Waals surface area contributed by atoms with Gasteiger partial charge in [-0.05, 0) is 32.4 Å². The Bertz CT molecular complexity index is 824. The Labute approximate surface area is 127 Å². The minimum atomic E-state index is -0.665. The topological polar surface area (TPSA) is 102 Å². The molecule has 6 heteroatoms. The van der Waals surface area contributed by atoms with E-state index < -0.39 is 10.9 Å². The van der Waals surface area contributed by atoms with Crippen molar-refractivity contribution in [3.8, 4) is 11.8 Å². The molecule has 0 spiro atoms. The van der Waals surface area contributed by atoms with Crippen LogP contribution in [0.15, 0.2) is 27.8 Å². The molecule has 6 nitrogen and oxygen atoms in total. The number of anilines is 3. The van der Waals surface area contributed by atoms with Gasteiger partial charge in [0.1, 0.15) is 23.2 Å². The third-order valence-electron chi connectivity index (χ3n) is 3.67. The molecule has 0 bridgehead atoms. The van der Waals surface area contributed by atoms with Gasteiger partial charge in [-0.25, -0.2) is 0 Å². The number of nitrogens with zero attached hydrogens (tertiary/aromatic N) is 1. The van der Waals surface area contributed by atoms with Gasteiger partial charge in [-0.3, -0.25) is 9.59 Å². The molecule has 0 aromatic heterocycles. The van der Waals surface area contributed by atoms with Crippen LogP contribution in [-0.4, -0.2) is 10.6 Å². The van der Waals surface area contributed by atoms with Crippen molar-refractivity contribution in [2.24, 2.45) is 0 Å². The summed E-state index contributed by atoms with van der Waals surface area (Å²) in [6, 6.07) is 6.37. The van der Waals surface area contributed by atoms with Crippen LogP contribution in [0, 0.1) is 11.3 Å². The molecule has 0 aliphatic heterocycles. The third-order valence-corrected chi connectivity index (χ3v) is 3.67. The van der Waals surface area contributed by atoms with Crippen molar-refractivity contribution < 1.29 is 5.11 Å². The highest BCUT2D eigenvalue weighted by atomic mass is 16.3. The Morgan fingerprint density at radius 3 is 2.41 bits per heavy atom. The fourth-order valence-electron chi connectivity index (χ4n) is 1.95. The number of hydrogen-bond acceptors (Lipinski definition) is 6. The summed E-state index contributed by atoms with van der Waals surface area (Å²) in [6.45, 7) is 5.78. The number of nitriles is 1. The van der Waals surface area contributed by atoms with Crippen molar-refractivity contribution in [1.29, 1.82) is 5.26 Å². The Kier molecular flexibility index (Phi) is 3.91. The van der Waals surface area contributed by atoms with Crippen molar-refractivity contribution in [2.45, 2.75) is 32.7 Å². The van der Waals surface area contributed by atoms with E-state index in [0.29, 0.717) is 0 Å². The van der Waals surface area contributed by atoms with Crippen molar-refractivity contribution in [1.82, 2.24) is 0 Å². The first-order valence-corrected chi connectivity index (χ1v) is 6.91. The van der Waals surface area contributed by atoms with E-state index >= 15 is 0 Å². The second-order valence-corrected chi connectivity index (χ2v) is 5.71. The molecule has 22 heavy (non-hydrogen) atoms. The number of phenolic OH excluding ortho intramolecular Hbond substituents is 1. The molecule has 0 aliphatic carbocycles. The Morgan fingerprint density at radius 2 is 1.82 bits per heavy atom. The second-order valence-electron chi connectivity index (χ2n) is 5.71. The maximum absolute atomic E-state index is 11.8. The van der Waals surface area contributed by atoms with Gasteiger partial charge >= 0.3 is 0 Å². The van der Waals surface area contributed by atoms with Crippen LogP contribution in [0.4, 0.5) is 17.1 Å². The Morgan fingerprint density at radius 1 is 1.18 bits per heavy atom. The molecule has 0 radical (unpaired) electrons. The van der Waals surface area contributed by atoms with Gasteiger partial charge in [0.25, 0.3) is 10.9 Å². The maximum atomic E-state index is 11.8. The predicted octanol–water partition coefficient (Wildman–Crippen LogP) is 2.20. The van der Waals surface area contributed by atoms with Crippen LogP contribution in [0.5, 0.6) is 5.75 Å². The summed E-state index contributed by atoms with van der Waals surface area (Å²) >= 11 is 0. The molecule has 3 N–H and O–H groups in total. The van der Waals surface area contributed by atoms with Crippen LogP contribution < -0.4 is 21.5 Å². The Balaban J connectivity index is 2.41. The highest BCUT2D eigenvalue weighted by molar-refractivity contribution is 5.82. The number of hydrogen-bond donors (Lipinski definition) is 3. The van der Waals surface area contributed by atoms with Gasteiger partial charge in [-0.15, -0.1) is 0 Å². The molecule has 0 saturated carbocycles. The molecule has 0 fully saturated rings. The zero-order valence-corrected chi connectivity index (χ0v) is 12.7. The lowest BCUT2D eigenvalue weighted by atomic mass is 10.00. The zero-order chi connectivity index (χ0) is 16.5. The van der Waals surface area contributed by atoms with Crippen molar-refractivity contribution in [2.75, 3.05) is 10.6 Å². The summed E-state index contributed by atoms with van der Waals surface area (Å²) < 4.78 is 0. The lowest BCUT2D eigenvalue weighted by molar-refractivity contribution is 0.477. The SMILES string of the molecule is CCC(C)(C)Nc1c(Nc2c(O)cccc2C#N)c(=O)c1=O. The highest BCUT2D eigenvalue weighted by Gasteiger charge is 2.27. The summed E-state index contributed by atoms with van der Waals surface area (Å²) in [5.41, 5.74) is -1.05. The standard InChI is InChI=1S/C16H17N3O3/c1-4-16(2,3)19-13-12(14(21)15(13)22)18-11-9(8-17)6-5-7-10(11)20/h5-7,18-20H,4H2,1-3H3. The molecular formula is C16H17N3O3.